The number of sulfonamides is 1. The van der Waals surface area contributed by atoms with Gasteiger partial charge in [0.15, 0.2) is 0 Å². The minimum absolute atomic E-state index is 0.0698. The Hall–Kier alpha value is -2.00. The minimum atomic E-state index is -3.89. The van der Waals surface area contributed by atoms with Crippen molar-refractivity contribution in [3.63, 3.8) is 0 Å². The highest BCUT2D eigenvalue weighted by Crippen LogP contribution is 2.22. The van der Waals surface area contributed by atoms with Crippen LogP contribution in [0.4, 0.5) is 10.1 Å². The summed E-state index contributed by atoms with van der Waals surface area (Å²) in [5, 5.41) is 11.7. The molecule has 0 spiro atoms. The Morgan fingerprint density at radius 2 is 2.00 bits per heavy atom. The topological polar surface area (TPSA) is 86.7 Å². The van der Waals surface area contributed by atoms with Gasteiger partial charge in [-0.15, -0.1) is 0 Å². The van der Waals surface area contributed by atoms with E-state index in [1.54, 1.807) is 13.8 Å². The summed E-state index contributed by atoms with van der Waals surface area (Å²) >= 11 is 5.61. The molecule has 2 aromatic rings. The van der Waals surface area contributed by atoms with Gasteiger partial charge in [0.05, 0.1) is 16.5 Å². The average Bonchev–Trinajstić information content (AvgIpc) is 2.65. The van der Waals surface area contributed by atoms with Crippen molar-refractivity contribution in [2.24, 2.45) is 0 Å². The smallest absolute Gasteiger partial charge is 0.255 e. The number of rotatable bonds is 7. The maximum atomic E-state index is 13.5. The van der Waals surface area contributed by atoms with Crippen LogP contribution in [0.15, 0.2) is 47.4 Å². The monoisotopic (exact) mass is 414 g/mol. The van der Waals surface area contributed by atoms with Crippen molar-refractivity contribution >= 4 is 33.2 Å². The van der Waals surface area contributed by atoms with Gasteiger partial charge in [-0.3, -0.25) is 4.79 Å². The minimum Gasteiger partial charge on any atom is -0.395 e. The van der Waals surface area contributed by atoms with Gasteiger partial charge in [-0.25, -0.2) is 12.8 Å². The summed E-state index contributed by atoms with van der Waals surface area (Å²) in [4.78, 5) is 12.3. The summed E-state index contributed by atoms with van der Waals surface area (Å²) in [6, 6.07) is 8.73. The molecular formula is C18H20ClFN2O4S. The molecule has 1 unspecified atom stereocenters. The van der Waals surface area contributed by atoms with Gasteiger partial charge in [-0.2, -0.15) is 4.31 Å². The van der Waals surface area contributed by atoms with Crippen LogP contribution in [0.5, 0.6) is 0 Å². The molecule has 0 radical (unpaired) electrons. The predicted molar refractivity (Wildman–Crippen MR) is 102 cm³/mol. The Morgan fingerprint density at radius 3 is 2.59 bits per heavy atom. The molecule has 1 atom stereocenters. The lowest BCUT2D eigenvalue weighted by molar-refractivity contribution is 0.102. The maximum Gasteiger partial charge on any atom is 0.255 e. The third kappa shape index (κ3) is 4.84. The first-order valence-corrected chi connectivity index (χ1v) is 10.0. The van der Waals surface area contributed by atoms with Crippen molar-refractivity contribution in [1.82, 2.24) is 4.31 Å². The molecule has 27 heavy (non-hydrogen) atoms. The molecular weight excluding hydrogens is 395 g/mol. The van der Waals surface area contributed by atoms with E-state index in [-0.39, 0.29) is 34.3 Å². The van der Waals surface area contributed by atoms with Crippen LogP contribution in [0.1, 0.15) is 24.2 Å². The Morgan fingerprint density at radius 1 is 1.30 bits per heavy atom. The van der Waals surface area contributed by atoms with Gasteiger partial charge in [-0.1, -0.05) is 24.6 Å². The van der Waals surface area contributed by atoms with Crippen LogP contribution in [0, 0.1) is 5.82 Å². The fourth-order valence-corrected chi connectivity index (χ4v) is 4.32. The van der Waals surface area contributed by atoms with Crippen molar-refractivity contribution < 1.29 is 22.7 Å². The molecule has 0 heterocycles. The molecule has 6 nitrogen and oxygen atoms in total. The number of benzene rings is 2. The molecule has 0 aliphatic rings. The normalized spacial score (nSPS) is 12.8. The van der Waals surface area contributed by atoms with Crippen LogP contribution in [0.25, 0.3) is 0 Å². The first kappa shape index (κ1) is 21.3. The molecule has 2 rings (SSSR count). The highest BCUT2D eigenvalue weighted by Gasteiger charge is 2.27. The SMILES string of the molecule is CCN(C(C)CO)S(=O)(=O)c1cccc(C(=O)Nc2ccc(Cl)c(F)c2)c1. The molecule has 0 saturated heterocycles. The third-order valence-corrected chi connectivity index (χ3v) is 6.34. The number of amides is 1. The van der Waals surface area contributed by atoms with Gasteiger partial charge < -0.3 is 10.4 Å². The van der Waals surface area contributed by atoms with Crippen LogP contribution in [-0.2, 0) is 10.0 Å². The average molecular weight is 415 g/mol. The highest BCUT2D eigenvalue weighted by atomic mass is 35.5. The summed E-state index contributed by atoms with van der Waals surface area (Å²) in [6.45, 7) is 3.10. The third-order valence-electron chi connectivity index (χ3n) is 3.95. The van der Waals surface area contributed by atoms with Crippen LogP contribution in [0.2, 0.25) is 5.02 Å². The highest BCUT2D eigenvalue weighted by molar-refractivity contribution is 7.89. The van der Waals surface area contributed by atoms with E-state index in [2.05, 4.69) is 5.32 Å². The molecule has 0 saturated carbocycles. The van der Waals surface area contributed by atoms with Gasteiger partial charge in [0, 0.05) is 23.8 Å². The molecule has 0 aliphatic carbocycles. The summed E-state index contributed by atoms with van der Waals surface area (Å²) in [6.07, 6.45) is 0. The number of likely N-dealkylation sites (N-methyl/N-ethyl adjacent to an activating group) is 1. The molecule has 9 heteroatoms. The van der Waals surface area contributed by atoms with E-state index in [0.717, 1.165) is 10.4 Å². The largest absolute Gasteiger partial charge is 0.395 e. The zero-order valence-electron chi connectivity index (χ0n) is 14.8. The fraction of sp³-hybridized carbons (Fsp3) is 0.278. The second-order valence-electron chi connectivity index (χ2n) is 5.85. The van der Waals surface area contributed by atoms with E-state index in [1.807, 2.05) is 0 Å². The Bertz CT molecular complexity index is 937. The Labute approximate surface area is 162 Å². The van der Waals surface area contributed by atoms with Crippen molar-refractivity contribution in [2.45, 2.75) is 24.8 Å². The van der Waals surface area contributed by atoms with E-state index >= 15 is 0 Å². The number of aliphatic hydroxyl groups is 1. The van der Waals surface area contributed by atoms with Gasteiger partial charge in [0.1, 0.15) is 5.82 Å². The summed E-state index contributed by atoms with van der Waals surface area (Å²) < 4.78 is 40.2. The van der Waals surface area contributed by atoms with Crippen LogP contribution in [-0.4, -0.2) is 42.9 Å². The van der Waals surface area contributed by atoms with E-state index in [1.165, 1.54) is 36.4 Å². The molecule has 146 valence electrons. The molecule has 0 bridgehead atoms. The van der Waals surface area contributed by atoms with Crippen molar-refractivity contribution in [3.8, 4) is 0 Å². The number of hydrogen-bond acceptors (Lipinski definition) is 4. The molecule has 0 aromatic heterocycles. The zero-order chi connectivity index (χ0) is 20.2. The molecule has 2 aromatic carbocycles. The molecule has 2 N–H and O–H groups in total. The standard InChI is InChI=1S/C18H20ClFN2O4S/c1-3-22(12(2)11-23)27(25,26)15-6-4-5-13(9-15)18(24)21-14-7-8-16(19)17(20)10-14/h4-10,12,23H,3,11H2,1-2H3,(H,21,24). The number of aliphatic hydroxyl groups excluding tert-OH is 1. The van der Waals surface area contributed by atoms with Crippen molar-refractivity contribution in [3.05, 3.63) is 58.9 Å². The van der Waals surface area contributed by atoms with E-state index in [0.29, 0.717) is 0 Å². The lowest BCUT2D eigenvalue weighted by Crippen LogP contribution is -2.40. The zero-order valence-corrected chi connectivity index (χ0v) is 16.4. The van der Waals surface area contributed by atoms with Crippen molar-refractivity contribution in [2.75, 3.05) is 18.5 Å². The summed E-state index contributed by atoms with van der Waals surface area (Å²) in [7, 11) is -3.89. The van der Waals surface area contributed by atoms with Gasteiger partial charge in [0.2, 0.25) is 10.0 Å². The van der Waals surface area contributed by atoms with E-state index in [4.69, 9.17) is 11.6 Å². The summed E-state index contributed by atoms with van der Waals surface area (Å²) in [5.41, 5.74) is 0.290. The number of halogens is 2. The number of nitrogens with one attached hydrogen (secondary N) is 1. The van der Waals surface area contributed by atoms with Crippen molar-refractivity contribution in [1.29, 1.82) is 0 Å². The van der Waals surface area contributed by atoms with Gasteiger partial charge in [0.25, 0.3) is 5.91 Å². The quantitative estimate of drug-likeness (QED) is 0.728. The second kappa shape index (κ2) is 8.79. The Balaban J connectivity index is 2.30. The first-order chi connectivity index (χ1) is 12.7. The number of anilines is 1. The predicted octanol–water partition coefficient (Wildman–Crippen LogP) is 3.12. The fourth-order valence-electron chi connectivity index (χ4n) is 2.52. The Kier molecular flexibility index (Phi) is 6.94. The van der Waals surface area contributed by atoms with Crippen LogP contribution < -0.4 is 5.32 Å². The summed E-state index contributed by atoms with van der Waals surface area (Å²) in [5.74, 6) is -1.27. The number of carbonyl (C=O) groups excluding carboxylic acids is 1. The maximum absolute atomic E-state index is 13.5. The number of nitrogens with zero attached hydrogens (tertiary/aromatic N) is 1. The molecule has 0 fully saturated rings. The number of carbonyl (C=O) groups is 1. The number of hydrogen-bond donors (Lipinski definition) is 2. The second-order valence-corrected chi connectivity index (χ2v) is 8.15. The molecule has 0 aliphatic heterocycles. The first-order valence-electron chi connectivity index (χ1n) is 8.19. The molecule has 1 amide bonds. The van der Waals surface area contributed by atoms with E-state index < -0.39 is 27.8 Å². The van der Waals surface area contributed by atoms with Crippen LogP contribution in [0.3, 0.4) is 0 Å². The lowest BCUT2D eigenvalue weighted by Gasteiger charge is -2.25. The van der Waals surface area contributed by atoms with Gasteiger partial charge in [-0.05, 0) is 43.3 Å². The van der Waals surface area contributed by atoms with E-state index in [9.17, 15) is 22.7 Å². The lowest BCUT2D eigenvalue weighted by atomic mass is 10.2. The van der Waals surface area contributed by atoms with Crippen LogP contribution >= 0.6 is 11.6 Å². The van der Waals surface area contributed by atoms with Gasteiger partial charge >= 0.3 is 0 Å².